The Hall–Kier alpha value is -3.03. The van der Waals surface area contributed by atoms with Crippen LogP contribution in [-0.2, 0) is 30.5 Å². The number of esters is 1. The number of carbonyl (C=O) groups is 4. The van der Waals surface area contributed by atoms with Gasteiger partial charge in [0.2, 0.25) is 11.8 Å². The number of halogens is 1. The molecule has 1 aromatic carbocycles. The Kier molecular flexibility index (Phi) is 5.87. The summed E-state index contributed by atoms with van der Waals surface area (Å²) in [5.74, 6) is -3.30. The average molecular weight is 388 g/mol. The van der Waals surface area contributed by atoms with Gasteiger partial charge in [0.25, 0.3) is 5.91 Å². The van der Waals surface area contributed by atoms with Crippen molar-refractivity contribution in [3.05, 3.63) is 47.8 Å². The van der Waals surface area contributed by atoms with Crippen molar-refractivity contribution in [1.82, 2.24) is 10.2 Å². The Balaban J connectivity index is 1.48. The quantitative estimate of drug-likeness (QED) is 0.451. The molecular formula is C20H21FN2O5. The molecule has 148 valence electrons. The van der Waals surface area contributed by atoms with Crippen molar-refractivity contribution in [2.45, 2.75) is 32.4 Å². The first-order valence-electron chi connectivity index (χ1n) is 9.08. The largest absolute Gasteiger partial charge is 0.451 e. The summed E-state index contributed by atoms with van der Waals surface area (Å²) in [5.41, 5.74) is 0.692. The molecular weight excluding hydrogens is 367 g/mol. The lowest BCUT2D eigenvalue weighted by atomic mass is 9.85. The van der Waals surface area contributed by atoms with Crippen LogP contribution in [0.3, 0.4) is 0 Å². The molecule has 0 aromatic heterocycles. The second kappa shape index (κ2) is 8.33. The molecule has 7 nitrogen and oxygen atoms in total. The summed E-state index contributed by atoms with van der Waals surface area (Å²) in [4.78, 5) is 49.8. The van der Waals surface area contributed by atoms with Crippen LogP contribution in [0.2, 0.25) is 0 Å². The van der Waals surface area contributed by atoms with Crippen LogP contribution < -0.4 is 5.32 Å². The second-order valence-electron chi connectivity index (χ2n) is 6.89. The summed E-state index contributed by atoms with van der Waals surface area (Å²) in [7, 11) is 0. The minimum atomic E-state index is -1.09. The van der Waals surface area contributed by atoms with Crippen molar-refractivity contribution in [3.63, 3.8) is 0 Å². The number of amides is 3. The SMILES string of the molecule is C[C@H](OC(=O)CN1C(=O)[C@H]2CC=CC[C@@H]2C1=O)C(=O)NCc1ccc(F)cc1. The lowest BCUT2D eigenvalue weighted by molar-refractivity contribution is -0.159. The van der Waals surface area contributed by atoms with Gasteiger partial charge in [0.15, 0.2) is 6.10 Å². The van der Waals surface area contributed by atoms with Gasteiger partial charge in [0, 0.05) is 6.54 Å². The van der Waals surface area contributed by atoms with E-state index in [1.807, 2.05) is 12.2 Å². The Morgan fingerprint density at radius 2 is 1.71 bits per heavy atom. The molecule has 2 aliphatic rings. The van der Waals surface area contributed by atoms with Gasteiger partial charge in [-0.1, -0.05) is 24.3 Å². The van der Waals surface area contributed by atoms with Crippen LogP contribution in [-0.4, -0.2) is 41.2 Å². The van der Waals surface area contributed by atoms with Crippen molar-refractivity contribution < 1.29 is 28.3 Å². The van der Waals surface area contributed by atoms with E-state index in [1.54, 1.807) is 0 Å². The zero-order valence-electron chi connectivity index (χ0n) is 15.4. The molecule has 1 heterocycles. The summed E-state index contributed by atoms with van der Waals surface area (Å²) in [6.45, 7) is 1.05. The average Bonchev–Trinajstić information content (AvgIpc) is 2.92. The smallest absolute Gasteiger partial charge is 0.326 e. The number of rotatable bonds is 6. The fourth-order valence-electron chi connectivity index (χ4n) is 3.38. The third-order valence-corrected chi connectivity index (χ3v) is 4.94. The number of hydrogen-bond donors (Lipinski definition) is 1. The third kappa shape index (κ3) is 4.27. The molecule has 0 spiro atoms. The first kappa shape index (κ1) is 19.7. The van der Waals surface area contributed by atoms with Crippen LogP contribution in [0.1, 0.15) is 25.3 Å². The normalized spacial score (nSPS) is 22.0. The highest BCUT2D eigenvalue weighted by Gasteiger charge is 2.47. The van der Waals surface area contributed by atoms with Gasteiger partial charge in [0.1, 0.15) is 12.4 Å². The van der Waals surface area contributed by atoms with Crippen LogP contribution in [0.5, 0.6) is 0 Å². The Bertz CT molecular complexity index is 794. The number of hydrogen-bond acceptors (Lipinski definition) is 5. The summed E-state index contributed by atoms with van der Waals surface area (Å²) >= 11 is 0. The predicted octanol–water partition coefficient (Wildman–Crippen LogP) is 1.32. The first-order chi connectivity index (χ1) is 13.4. The fraction of sp³-hybridized carbons (Fsp3) is 0.400. The van der Waals surface area contributed by atoms with Crippen molar-refractivity contribution in [3.8, 4) is 0 Å². The van der Waals surface area contributed by atoms with Gasteiger partial charge in [-0.2, -0.15) is 0 Å². The Labute approximate surface area is 161 Å². The molecule has 0 radical (unpaired) electrons. The van der Waals surface area contributed by atoms with E-state index in [0.29, 0.717) is 18.4 Å². The van der Waals surface area contributed by atoms with Gasteiger partial charge < -0.3 is 10.1 Å². The van der Waals surface area contributed by atoms with Crippen LogP contribution in [0.25, 0.3) is 0 Å². The Morgan fingerprint density at radius 1 is 1.14 bits per heavy atom. The molecule has 0 bridgehead atoms. The minimum absolute atomic E-state index is 0.153. The molecule has 0 unspecified atom stereocenters. The lowest BCUT2D eigenvalue weighted by Crippen LogP contribution is -2.40. The van der Waals surface area contributed by atoms with Gasteiger partial charge in [-0.3, -0.25) is 24.1 Å². The number of nitrogens with zero attached hydrogens (tertiary/aromatic N) is 1. The van der Waals surface area contributed by atoms with Crippen LogP contribution in [0, 0.1) is 17.7 Å². The van der Waals surface area contributed by atoms with Crippen molar-refractivity contribution >= 4 is 23.7 Å². The number of ether oxygens (including phenoxy) is 1. The van der Waals surface area contributed by atoms with Crippen LogP contribution in [0.15, 0.2) is 36.4 Å². The highest BCUT2D eigenvalue weighted by molar-refractivity contribution is 6.07. The summed E-state index contributed by atoms with van der Waals surface area (Å²) in [6.07, 6.45) is 3.61. The van der Waals surface area contributed by atoms with Crippen molar-refractivity contribution in [2.75, 3.05) is 6.54 Å². The minimum Gasteiger partial charge on any atom is -0.451 e. The standard InChI is InChI=1S/C20H21FN2O5/c1-12(18(25)22-10-13-6-8-14(21)9-7-13)28-17(24)11-23-19(26)15-4-2-3-5-16(15)20(23)27/h2-3,6-9,12,15-16H,4-5,10-11H2,1H3,(H,22,25)/t12-,15-,16-/m0/s1. The van der Waals surface area contributed by atoms with E-state index in [-0.39, 0.29) is 24.2 Å². The predicted molar refractivity (Wildman–Crippen MR) is 95.9 cm³/mol. The highest BCUT2D eigenvalue weighted by atomic mass is 19.1. The molecule has 1 aliphatic carbocycles. The molecule has 3 amide bonds. The third-order valence-electron chi connectivity index (χ3n) is 4.94. The molecule has 3 atom stereocenters. The number of carbonyl (C=O) groups excluding carboxylic acids is 4. The zero-order chi connectivity index (χ0) is 20.3. The van der Waals surface area contributed by atoms with Crippen molar-refractivity contribution in [2.24, 2.45) is 11.8 Å². The maximum Gasteiger partial charge on any atom is 0.326 e. The van der Waals surface area contributed by atoms with E-state index >= 15 is 0 Å². The van der Waals surface area contributed by atoms with Crippen LogP contribution >= 0.6 is 0 Å². The number of benzene rings is 1. The van der Waals surface area contributed by atoms with Crippen molar-refractivity contribution in [1.29, 1.82) is 0 Å². The van der Waals surface area contributed by atoms with E-state index in [4.69, 9.17) is 4.74 Å². The monoisotopic (exact) mass is 388 g/mol. The molecule has 8 heteroatoms. The molecule has 1 aromatic rings. The van der Waals surface area contributed by atoms with Gasteiger partial charge in [-0.05, 0) is 37.5 Å². The van der Waals surface area contributed by atoms with E-state index in [0.717, 1.165) is 4.90 Å². The second-order valence-corrected chi connectivity index (χ2v) is 6.89. The molecule has 3 rings (SSSR count). The summed E-state index contributed by atoms with van der Waals surface area (Å²) < 4.78 is 17.9. The fourth-order valence-corrected chi connectivity index (χ4v) is 3.38. The lowest BCUT2D eigenvalue weighted by Gasteiger charge is -2.17. The van der Waals surface area contributed by atoms with Gasteiger partial charge >= 0.3 is 5.97 Å². The molecule has 1 saturated heterocycles. The van der Waals surface area contributed by atoms with E-state index in [1.165, 1.54) is 31.2 Å². The highest BCUT2D eigenvalue weighted by Crippen LogP contribution is 2.34. The maximum absolute atomic E-state index is 12.9. The number of likely N-dealkylation sites (tertiary alicyclic amines) is 1. The molecule has 1 aliphatic heterocycles. The first-order valence-corrected chi connectivity index (χ1v) is 9.08. The number of allylic oxidation sites excluding steroid dienone is 2. The van der Waals surface area contributed by atoms with Gasteiger partial charge in [-0.25, -0.2) is 4.39 Å². The summed E-state index contributed by atoms with van der Waals surface area (Å²) in [6, 6.07) is 5.63. The van der Waals surface area contributed by atoms with Gasteiger partial charge in [0.05, 0.1) is 11.8 Å². The Morgan fingerprint density at radius 3 is 2.29 bits per heavy atom. The number of nitrogens with one attached hydrogen (secondary N) is 1. The molecule has 1 N–H and O–H groups in total. The van der Waals surface area contributed by atoms with Gasteiger partial charge in [-0.15, -0.1) is 0 Å². The molecule has 28 heavy (non-hydrogen) atoms. The van der Waals surface area contributed by atoms with E-state index < -0.39 is 36.4 Å². The molecule has 1 fully saturated rings. The molecule has 0 saturated carbocycles. The number of fused-ring (bicyclic) bond motifs is 1. The van der Waals surface area contributed by atoms with E-state index in [9.17, 15) is 23.6 Å². The van der Waals surface area contributed by atoms with E-state index in [2.05, 4.69) is 5.32 Å². The van der Waals surface area contributed by atoms with Crippen LogP contribution in [0.4, 0.5) is 4.39 Å². The number of imide groups is 1. The zero-order valence-corrected chi connectivity index (χ0v) is 15.4. The maximum atomic E-state index is 12.9. The summed E-state index contributed by atoms with van der Waals surface area (Å²) in [5, 5.41) is 2.58. The topological polar surface area (TPSA) is 92.8 Å².